The van der Waals surface area contributed by atoms with Crippen LogP contribution in [0.2, 0.25) is 55.9 Å². The first-order valence-corrected chi connectivity index (χ1v) is 40.5. The van der Waals surface area contributed by atoms with Gasteiger partial charge >= 0.3 is 34.5 Å². The van der Waals surface area contributed by atoms with Gasteiger partial charge in [-0.2, -0.15) is 0 Å². The fourth-order valence-corrected chi connectivity index (χ4v) is 8.44. The molecule has 68 heavy (non-hydrogen) atoms. The minimum absolute atomic E-state index is 0.114. The average molecular weight is 1090 g/mol. The number of halogens is 4. The topological polar surface area (TPSA) is 142 Å². The Morgan fingerprint density at radius 2 is 1.12 bits per heavy atom. The molecule has 0 spiro atoms. The number of aryl methyl sites for hydroxylation is 2. The van der Waals surface area contributed by atoms with Crippen LogP contribution in [0.5, 0.6) is 0 Å². The van der Waals surface area contributed by atoms with Gasteiger partial charge < -0.3 is 34.5 Å². The predicted molar refractivity (Wildman–Crippen MR) is 282 cm³/mol. The summed E-state index contributed by atoms with van der Waals surface area (Å²) in [6.07, 6.45) is 3.49. The van der Waals surface area contributed by atoms with Gasteiger partial charge in [0.2, 0.25) is 11.8 Å². The molecule has 2 amide bonds. The van der Waals surface area contributed by atoms with Gasteiger partial charge in [-0.3, -0.25) is 14.4 Å². The van der Waals surface area contributed by atoms with Gasteiger partial charge in [0.1, 0.15) is 17.4 Å². The number of nitriles is 1. The molecule has 3 N–H and O–H groups in total. The number of ketones is 1. The molecule has 2 aromatic carbocycles. The molecule has 2 aliphatic heterocycles. The summed E-state index contributed by atoms with van der Waals surface area (Å²) in [5.74, 6) is -0.187. The maximum atomic E-state index is 14.4. The van der Waals surface area contributed by atoms with Crippen LogP contribution in [0.25, 0.3) is 4.85 Å². The van der Waals surface area contributed by atoms with Crippen molar-refractivity contribution in [1.82, 2.24) is 9.80 Å². The number of hydrogen-bond donors (Lipinski definition) is 2. The Bertz CT molecular complexity index is 2000. The summed E-state index contributed by atoms with van der Waals surface area (Å²) in [6.45, 7) is 44.7. The fraction of sp³-hybridized carbons (Fsp3) is 0.653. The molecule has 0 saturated carbocycles. The summed E-state index contributed by atoms with van der Waals surface area (Å²) in [6, 6.07) is 9.65. The molecule has 0 aliphatic carbocycles. The zero-order chi connectivity index (χ0) is 53.1. The van der Waals surface area contributed by atoms with Crippen molar-refractivity contribution in [3.05, 3.63) is 70.6 Å². The van der Waals surface area contributed by atoms with Crippen molar-refractivity contribution in [2.75, 3.05) is 37.2 Å². The summed E-state index contributed by atoms with van der Waals surface area (Å²) < 4.78 is 40.7. The van der Waals surface area contributed by atoms with Crippen molar-refractivity contribution in [2.45, 2.75) is 182 Å². The van der Waals surface area contributed by atoms with Gasteiger partial charge in [0.25, 0.3) is 5.66 Å². The van der Waals surface area contributed by atoms with E-state index in [1.165, 1.54) is 26.0 Å². The molecule has 0 aromatic heterocycles. The summed E-state index contributed by atoms with van der Waals surface area (Å²) in [7, 11) is 5.00. The Balaban J connectivity index is 0.00000106. The van der Waals surface area contributed by atoms with Crippen molar-refractivity contribution < 1.29 is 47.2 Å². The third kappa shape index (κ3) is 25.4. The zero-order valence-electron chi connectivity index (χ0n) is 44.3. The molecule has 19 heteroatoms. The number of carbonyl (C=O) groups excluding carboxylic acids is 3. The van der Waals surface area contributed by atoms with Crippen LogP contribution in [0.4, 0.5) is 20.2 Å². The number of hydrogen-bond acceptors (Lipinski definition) is 8. The molecule has 2 aliphatic rings. The number of nitrogens with one attached hydrogen (secondary N) is 1. The molecule has 0 unspecified atom stereocenters. The van der Waals surface area contributed by atoms with Crippen molar-refractivity contribution in [3.8, 4) is 5.69 Å². The Hall–Kier alpha value is -2.74. The summed E-state index contributed by atoms with van der Waals surface area (Å²) in [5, 5.41) is 11.6. The predicted octanol–water partition coefficient (Wildman–Crippen LogP) is 12.8. The number of nitrogens with two attached hydrogens (primary N) is 1. The van der Waals surface area contributed by atoms with Crippen LogP contribution in [-0.4, -0.2) is 96.2 Å². The van der Waals surface area contributed by atoms with Crippen molar-refractivity contribution in [1.29, 1.82) is 5.26 Å². The van der Waals surface area contributed by atoms with E-state index in [-0.39, 0.29) is 51.5 Å². The Morgan fingerprint density at radius 3 is 1.41 bits per heavy atom. The van der Waals surface area contributed by atoms with Gasteiger partial charge in [0.05, 0.1) is 12.2 Å². The van der Waals surface area contributed by atoms with Crippen LogP contribution >= 0.6 is 19.4 Å². The molecule has 2 heterocycles. The molecule has 0 bridgehead atoms. The Morgan fingerprint density at radius 1 is 0.779 bits per heavy atom. The average Bonchev–Trinajstić information content (AvgIpc) is 3.15. The van der Waals surface area contributed by atoms with E-state index in [2.05, 4.69) is 83.6 Å². The van der Waals surface area contributed by atoms with Crippen LogP contribution in [0, 0.1) is 29.2 Å². The first kappa shape index (κ1) is 65.3. The number of anilines is 2. The van der Waals surface area contributed by atoms with E-state index in [9.17, 15) is 23.2 Å². The molecule has 380 valence electrons. The Kier molecular flexibility index (Phi) is 27.8. The van der Waals surface area contributed by atoms with Crippen molar-refractivity contribution in [2.24, 2.45) is 0 Å². The van der Waals surface area contributed by atoms with Gasteiger partial charge in [-0.05, 0) is 111 Å². The summed E-state index contributed by atoms with van der Waals surface area (Å²) in [4.78, 5) is 41.2. The molecule has 2 saturated heterocycles. The second kappa shape index (κ2) is 28.9. The standard InChI is InChI=1S/C23H36FN3O2Si.C19H31FN2O2Si.C4H9NSi.C3H6O.2ClH.Zn/c1-22(2,3)30(7,8)29-19-15-27(16-19)21(28)11-9-10-17-12-13-18(14-20(17)24)26-23(4,5)25-6;1-19(2,3)25(4,5)24-16-12-22(13-16)18(23)8-6-7-14-9-10-15(21)11-17(14)20;1-6(2,3)4-5;1-3(2)4;;;/h12-14,19,26H,9-11,15-16H2,1-5,7-8H3;9-11,16H,6-8,12-13,21H2,1-5H3;1-3H3;1-2H3;2*1H;/q;;;;;;+2/p-2. The maximum absolute atomic E-state index is 14.4. The van der Waals surface area contributed by atoms with Crippen molar-refractivity contribution >= 4 is 73.1 Å². The third-order valence-electron chi connectivity index (χ3n) is 11.8. The number of carbonyl (C=O) groups is 3. The molecule has 0 radical (unpaired) electrons. The molecule has 2 aromatic rings. The van der Waals surface area contributed by atoms with Crippen LogP contribution < -0.4 is 11.1 Å². The summed E-state index contributed by atoms with van der Waals surface area (Å²) in [5.41, 5.74) is 9.23. The first-order valence-electron chi connectivity index (χ1n) is 23.3. The molecular formula is C49H82Cl2F2N6O5Si3Zn. The third-order valence-corrected chi connectivity index (χ3v) is 21.5. The van der Waals surface area contributed by atoms with Crippen molar-refractivity contribution in [3.63, 3.8) is 0 Å². The monoisotopic (exact) mass is 1090 g/mol. The van der Waals surface area contributed by atoms with Crippen LogP contribution in [0.3, 0.4) is 0 Å². The van der Waals surface area contributed by atoms with Crippen LogP contribution in [-0.2, 0) is 51.2 Å². The van der Waals surface area contributed by atoms with E-state index in [1.807, 2.05) is 29.4 Å². The molecule has 11 nitrogen and oxygen atoms in total. The number of benzene rings is 2. The number of amides is 2. The van der Waals surface area contributed by atoms with E-state index in [0.29, 0.717) is 87.2 Å². The fourth-order valence-electron chi connectivity index (χ4n) is 5.77. The Labute approximate surface area is 427 Å². The quantitative estimate of drug-likeness (QED) is 0.108. The molecule has 2 fully saturated rings. The van der Waals surface area contributed by atoms with Gasteiger partial charge in [-0.25, -0.2) is 20.6 Å². The zero-order valence-corrected chi connectivity index (χ0v) is 51.8. The number of nitrogens with zero attached hydrogens (tertiary/aromatic N) is 4. The van der Waals surface area contributed by atoms with Gasteiger partial charge in [-0.15, -0.1) is 0 Å². The van der Waals surface area contributed by atoms with E-state index < -0.39 is 45.5 Å². The number of rotatable bonds is 14. The number of likely N-dealkylation sites (tertiary alicyclic amines) is 2. The van der Waals surface area contributed by atoms with Crippen LogP contribution in [0.1, 0.15) is 106 Å². The molecular weight excluding hydrogens is 1010 g/mol. The van der Waals surface area contributed by atoms with E-state index >= 15 is 0 Å². The number of Topliss-reactive ketones (excluding diaryl/α,β-unsaturated/α-hetero) is 1. The summed E-state index contributed by atoms with van der Waals surface area (Å²) >= 11 is -0.931. The normalized spacial score (nSPS) is 14.2. The van der Waals surface area contributed by atoms with Crippen LogP contribution in [0.15, 0.2) is 36.4 Å². The van der Waals surface area contributed by atoms with Gasteiger partial charge in [-0.1, -0.05) is 73.3 Å². The first-order chi connectivity index (χ1) is 30.9. The number of nitrogen functional groups attached to an aromatic ring is 1. The van der Waals surface area contributed by atoms with Gasteiger partial charge in [0, 0.05) is 69.9 Å². The van der Waals surface area contributed by atoms with E-state index in [1.54, 1.807) is 38.1 Å². The van der Waals surface area contributed by atoms with E-state index in [0.717, 1.165) is 0 Å². The second-order valence-electron chi connectivity index (χ2n) is 22.1. The van der Waals surface area contributed by atoms with Gasteiger partial charge in [0.15, 0.2) is 24.7 Å². The molecule has 0 atom stereocenters. The SMILES string of the molecule is CC(C)(C)[Si](C)(C)OC1CN(C(=O)CCCc2ccc(N)cc2F)C1.CC(C)=O.C[Si](C)(C)C#N.[C-]#[N+]C(C)(C)Nc1ccc(CCCC(=O)N2CC(O[Si](C)(C)C(C)(C)C)C2)c(F)c1.[Cl][Zn][Cl]. The van der Waals surface area contributed by atoms with E-state index in [4.69, 9.17) is 45.8 Å². The molecule has 4 rings (SSSR count). The minimum atomic E-state index is -1.80. The second-order valence-corrected chi connectivity index (χ2v) is 41.0.